The number of halogens is 6. The van der Waals surface area contributed by atoms with E-state index in [1.807, 2.05) is 15.6 Å². The number of anilines is 2. The molecule has 0 fully saturated rings. The maximum absolute atomic E-state index is 14.2. The van der Waals surface area contributed by atoms with Crippen molar-refractivity contribution in [2.24, 2.45) is 0 Å². The lowest BCUT2D eigenvalue weighted by Gasteiger charge is -2.17. The van der Waals surface area contributed by atoms with Crippen LogP contribution >= 0.6 is 0 Å². The number of ether oxygens (including phenoxy) is 3. The van der Waals surface area contributed by atoms with Gasteiger partial charge >= 0.3 is 0 Å². The lowest BCUT2D eigenvalue weighted by atomic mass is 10.1. The maximum Gasteiger partial charge on any atom is 0.291 e. The third-order valence-corrected chi connectivity index (χ3v) is 15.4. The molecular weight excluding hydrogens is 1210 g/mol. The molecule has 92 heavy (non-hydrogen) atoms. The molecule has 0 spiro atoms. The molecule has 12 rings (SSSR count). The molecule has 9 aromatic rings. The van der Waals surface area contributed by atoms with E-state index < -0.39 is 39.8 Å². The van der Waals surface area contributed by atoms with Gasteiger partial charge in [0.05, 0.1) is 153 Å². The Morgan fingerprint density at radius 1 is 0.511 bits per heavy atom. The predicted molar refractivity (Wildman–Crippen MR) is 320 cm³/mol. The number of nitrogens with zero attached hydrogens (tertiary/aromatic N) is 13. The minimum Gasteiger partial charge on any atom is -0.397 e. The van der Waals surface area contributed by atoms with Crippen LogP contribution in [0.1, 0.15) is 50.9 Å². The van der Waals surface area contributed by atoms with Crippen molar-refractivity contribution in [1.82, 2.24) is 59.0 Å². The van der Waals surface area contributed by atoms with Crippen LogP contribution in [-0.4, -0.2) is 123 Å². The number of nitrogen functional groups attached to an aromatic ring is 2. The molecule has 3 aromatic carbocycles. The zero-order valence-corrected chi connectivity index (χ0v) is 50.0. The fourth-order valence-corrected chi connectivity index (χ4v) is 10.6. The molecule has 0 atom stereocenters. The number of aromatic nitrogens is 9. The Morgan fingerprint density at radius 2 is 0.902 bits per heavy atom. The van der Waals surface area contributed by atoms with Crippen molar-refractivity contribution in [3.63, 3.8) is 0 Å². The molecule has 9 heterocycles. The number of nitro groups is 1. The minimum absolute atomic E-state index is 0.0122. The standard InChI is InChI=1S/C21H19F2N5O4.2C21H21F2N5O2/c1-32-7-6-27-20-12-26(11-13(20)10-24-27)21(29)9-18-19(28(30)31)5-4-17(25-18)15-3-2-14(22)8-16(15)23;1-30-7-6-28-11-13-10-27(12-20(13)26-28)21(29)9-19-17(24)4-5-18(25-19)15-3-2-14(22)8-16(15)23;1-30-7-6-28-20-12-27(11-13(20)10-25-28)21(29)9-19-17(24)4-5-18(26-19)15-3-2-14(22)8-16(15)23/h2-5,8,10H,6-7,9,11-12H2,1H3;2-5,8,11H,6-7,9-10,12,24H2,1H3;2-5,8,10H,6-7,9,11-12,24H2,1H3. The summed E-state index contributed by atoms with van der Waals surface area (Å²) >= 11 is 0. The number of hydrogen-bond donors (Lipinski definition) is 2. The average Bonchev–Trinajstić information content (AvgIpc) is 1.56. The number of nitrogens with two attached hydrogens (primary N) is 2. The first kappa shape index (κ1) is 64.6. The van der Waals surface area contributed by atoms with Gasteiger partial charge in [-0.1, -0.05) is 0 Å². The van der Waals surface area contributed by atoms with Gasteiger partial charge in [0.2, 0.25) is 17.7 Å². The van der Waals surface area contributed by atoms with E-state index in [1.54, 1.807) is 77.4 Å². The smallest absolute Gasteiger partial charge is 0.291 e. The topological polar surface area (TPSA) is 276 Å². The van der Waals surface area contributed by atoms with Gasteiger partial charge in [-0.2, -0.15) is 15.3 Å². The second-order valence-corrected chi connectivity index (χ2v) is 21.6. The first-order valence-electron chi connectivity index (χ1n) is 28.7. The molecule has 23 nitrogen and oxygen atoms in total. The highest BCUT2D eigenvalue weighted by Crippen LogP contribution is 2.32. The van der Waals surface area contributed by atoms with Gasteiger partial charge in [-0.25, -0.2) is 31.3 Å². The molecule has 0 saturated carbocycles. The van der Waals surface area contributed by atoms with Crippen molar-refractivity contribution in [3.05, 3.63) is 205 Å². The SMILES string of the molecule is COCCn1cc2c(n1)CN(C(=O)Cc1nc(-c3ccc(F)cc3F)ccc1N)C2.COCCn1ncc2c1CN(C(=O)Cc1nc(-c3ccc(F)cc3F)ccc1N)C2.COCCn1ncc2c1CN(C(=O)Cc1nc(-c3ccc(F)cc3F)ccc1[N+](=O)[O-])C2. The number of pyridine rings is 3. The van der Waals surface area contributed by atoms with Gasteiger partial charge in [-0.3, -0.25) is 48.5 Å². The minimum atomic E-state index is -0.848. The predicted octanol–water partition coefficient (Wildman–Crippen LogP) is 7.94. The van der Waals surface area contributed by atoms with Crippen LogP contribution in [0, 0.1) is 45.0 Å². The van der Waals surface area contributed by atoms with Gasteiger partial charge in [0, 0.05) is 105 Å². The first-order valence-corrected chi connectivity index (χ1v) is 28.7. The summed E-state index contributed by atoms with van der Waals surface area (Å²) in [6.45, 7) is 5.86. The number of amides is 3. The highest BCUT2D eigenvalue weighted by molar-refractivity contribution is 5.82. The summed E-state index contributed by atoms with van der Waals surface area (Å²) in [7, 11) is 4.85. The lowest BCUT2D eigenvalue weighted by molar-refractivity contribution is -0.385. The monoisotopic (exact) mass is 1270 g/mol. The Bertz CT molecular complexity index is 4210. The molecule has 3 aliphatic rings. The first-order chi connectivity index (χ1) is 44.3. The summed E-state index contributed by atoms with van der Waals surface area (Å²) in [4.78, 5) is 67.3. The fraction of sp³-hybridized carbons (Fsp3) is 0.286. The van der Waals surface area contributed by atoms with E-state index >= 15 is 0 Å². The van der Waals surface area contributed by atoms with Crippen LogP contribution in [0.4, 0.5) is 43.4 Å². The molecule has 0 radical (unpaired) electrons. The van der Waals surface area contributed by atoms with E-state index in [-0.39, 0.29) is 70.7 Å². The van der Waals surface area contributed by atoms with Crippen LogP contribution in [0.15, 0.2) is 110 Å². The molecule has 3 amide bonds. The summed E-state index contributed by atoms with van der Waals surface area (Å²) in [6, 6.07) is 18.2. The number of fused-ring (bicyclic) bond motifs is 3. The Hall–Kier alpha value is -10.4. The van der Waals surface area contributed by atoms with Gasteiger partial charge in [0.25, 0.3) is 5.69 Å². The molecule has 29 heteroatoms. The summed E-state index contributed by atoms with van der Waals surface area (Å²) in [5, 5.41) is 24.6. The second kappa shape index (κ2) is 28.6. The maximum atomic E-state index is 14.2. The van der Waals surface area contributed by atoms with E-state index in [2.05, 4.69) is 30.2 Å². The van der Waals surface area contributed by atoms with Crippen LogP contribution in [0.5, 0.6) is 0 Å². The van der Waals surface area contributed by atoms with Gasteiger partial charge in [0.1, 0.15) is 40.6 Å². The number of benzene rings is 3. The van der Waals surface area contributed by atoms with Crippen LogP contribution in [0.25, 0.3) is 33.8 Å². The molecule has 6 aromatic heterocycles. The zero-order valence-electron chi connectivity index (χ0n) is 50.0. The van der Waals surface area contributed by atoms with Crippen LogP contribution in [0.3, 0.4) is 0 Å². The Morgan fingerprint density at radius 3 is 1.32 bits per heavy atom. The lowest BCUT2D eigenvalue weighted by Crippen LogP contribution is -2.28. The van der Waals surface area contributed by atoms with Gasteiger partial charge in [-0.15, -0.1) is 0 Å². The summed E-state index contributed by atoms with van der Waals surface area (Å²) < 4.78 is 103. The van der Waals surface area contributed by atoms with Crippen molar-refractivity contribution in [3.8, 4) is 33.8 Å². The molecule has 4 N–H and O–H groups in total. The summed E-state index contributed by atoms with van der Waals surface area (Å²) in [6.07, 6.45) is 5.02. The third kappa shape index (κ3) is 14.9. The van der Waals surface area contributed by atoms with Crippen molar-refractivity contribution in [2.45, 2.75) is 78.2 Å². The number of methoxy groups -OCH3 is 3. The second-order valence-electron chi connectivity index (χ2n) is 21.6. The average molecular weight is 1270 g/mol. The number of carbonyl (C=O) groups is 3. The number of carbonyl (C=O) groups excluding carboxylic acids is 3. The molecule has 0 aliphatic carbocycles. The Balaban J connectivity index is 0.000000151. The van der Waals surface area contributed by atoms with E-state index in [9.17, 15) is 50.8 Å². The third-order valence-electron chi connectivity index (χ3n) is 15.4. The molecule has 3 aliphatic heterocycles. The van der Waals surface area contributed by atoms with Gasteiger partial charge in [0.15, 0.2) is 0 Å². The summed E-state index contributed by atoms with van der Waals surface area (Å²) in [5.41, 5.74) is 19.6. The number of hydrogen-bond acceptors (Lipinski definition) is 16. The summed E-state index contributed by atoms with van der Waals surface area (Å²) in [5.74, 6) is -5.01. The molecule has 0 unspecified atom stereocenters. The van der Waals surface area contributed by atoms with Crippen molar-refractivity contribution in [2.75, 3.05) is 52.6 Å². The zero-order chi connectivity index (χ0) is 65.3. The quantitative estimate of drug-likeness (QED) is 0.0441. The number of rotatable bonds is 19. The highest BCUT2D eigenvalue weighted by atomic mass is 19.2. The normalized spacial score (nSPS) is 12.9. The van der Waals surface area contributed by atoms with Crippen LogP contribution in [0.2, 0.25) is 0 Å². The fourth-order valence-electron chi connectivity index (χ4n) is 10.6. The van der Waals surface area contributed by atoms with Crippen molar-refractivity contribution >= 4 is 34.8 Å². The molecular formula is C63H61F6N15O8. The Labute approximate surface area is 521 Å². The van der Waals surface area contributed by atoms with Gasteiger partial charge < -0.3 is 40.4 Å². The van der Waals surface area contributed by atoms with Crippen LogP contribution < -0.4 is 11.5 Å². The van der Waals surface area contributed by atoms with E-state index in [1.165, 1.54) is 30.3 Å². The van der Waals surface area contributed by atoms with Crippen LogP contribution in [-0.2, 0) is 107 Å². The molecule has 0 saturated heterocycles. The largest absolute Gasteiger partial charge is 0.397 e. The highest BCUT2D eigenvalue weighted by Gasteiger charge is 2.32. The molecule has 0 bridgehead atoms. The Kier molecular flexibility index (Phi) is 20.1. The van der Waals surface area contributed by atoms with E-state index in [0.29, 0.717) is 119 Å². The van der Waals surface area contributed by atoms with Crippen molar-refractivity contribution < 1.29 is 59.9 Å². The van der Waals surface area contributed by atoms with Crippen molar-refractivity contribution in [1.29, 1.82) is 0 Å². The van der Waals surface area contributed by atoms with E-state index in [4.69, 9.17) is 25.7 Å². The van der Waals surface area contributed by atoms with Gasteiger partial charge in [-0.05, 0) is 66.7 Å². The molecule has 478 valence electrons. The van der Waals surface area contributed by atoms with E-state index in [0.717, 1.165) is 64.1 Å².